The molecule has 0 unspecified atom stereocenters. The minimum atomic E-state index is 0.867. The summed E-state index contributed by atoms with van der Waals surface area (Å²) >= 11 is 5.97. The second-order valence-electron chi connectivity index (χ2n) is 3.89. The number of benzene rings is 1. The minimum Gasteiger partial charge on any atom is -0.317 e. The van der Waals surface area contributed by atoms with E-state index in [0.29, 0.717) is 0 Å². The van der Waals surface area contributed by atoms with Crippen molar-refractivity contribution in [3.05, 3.63) is 34.3 Å². The molecule has 0 radical (unpaired) electrons. The van der Waals surface area contributed by atoms with Crippen LogP contribution in [0.5, 0.6) is 0 Å². The minimum absolute atomic E-state index is 0.867. The summed E-state index contributed by atoms with van der Waals surface area (Å²) in [6.45, 7) is 6.40. The molecule has 2 heteroatoms. The van der Waals surface area contributed by atoms with Crippen LogP contribution in [-0.2, 0) is 6.42 Å². The molecule has 0 bridgehead atoms. The number of nitrogens with one attached hydrogen (secondary N) is 1. The van der Waals surface area contributed by atoms with E-state index in [1.165, 1.54) is 24.0 Å². The van der Waals surface area contributed by atoms with Crippen LogP contribution in [0.15, 0.2) is 18.2 Å². The molecular formula is C13H20ClN. The van der Waals surface area contributed by atoms with Gasteiger partial charge in [0.2, 0.25) is 0 Å². The van der Waals surface area contributed by atoms with Gasteiger partial charge in [0, 0.05) is 5.02 Å². The average molecular weight is 226 g/mol. The van der Waals surface area contributed by atoms with Crippen LogP contribution in [0.1, 0.15) is 30.9 Å². The molecule has 0 heterocycles. The Morgan fingerprint density at radius 1 is 1.27 bits per heavy atom. The molecule has 0 amide bonds. The van der Waals surface area contributed by atoms with Crippen LogP contribution in [0.2, 0.25) is 5.02 Å². The lowest BCUT2D eigenvalue weighted by Crippen LogP contribution is -2.13. The third kappa shape index (κ3) is 4.67. The van der Waals surface area contributed by atoms with Gasteiger partial charge in [-0.3, -0.25) is 0 Å². The zero-order valence-electron chi connectivity index (χ0n) is 9.65. The van der Waals surface area contributed by atoms with Crippen LogP contribution in [-0.4, -0.2) is 13.1 Å². The Labute approximate surface area is 97.8 Å². The maximum atomic E-state index is 5.97. The van der Waals surface area contributed by atoms with Gasteiger partial charge in [-0.1, -0.05) is 30.7 Å². The van der Waals surface area contributed by atoms with Crippen molar-refractivity contribution >= 4 is 11.6 Å². The monoisotopic (exact) mass is 225 g/mol. The SMILES string of the molecule is CCNCCCCc1ccc(Cl)c(C)c1. The van der Waals surface area contributed by atoms with Gasteiger partial charge in [0.15, 0.2) is 0 Å². The summed E-state index contributed by atoms with van der Waals surface area (Å²) < 4.78 is 0. The Morgan fingerprint density at radius 3 is 2.73 bits per heavy atom. The highest BCUT2D eigenvalue weighted by Gasteiger charge is 1.97. The van der Waals surface area contributed by atoms with Crippen molar-refractivity contribution in [1.82, 2.24) is 5.32 Å². The molecule has 1 N–H and O–H groups in total. The van der Waals surface area contributed by atoms with E-state index < -0.39 is 0 Å². The molecule has 0 saturated heterocycles. The molecule has 15 heavy (non-hydrogen) atoms. The number of unbranched alkanes of at least 4 members (excludes halogenated alkanes) is 1. The lowest BCUT2D eigenvalue weighted by molar-refractivity contribution is 0.641. The molecule has 0 spiro atoms. The van der Waals surface area contributed by atoms with Crippen molar-refractivity contribution in [3.63, 3.8) is 0 Å². The quantitative estimate of drug-likeness (QED) is 0.730. The Balaban J connectivity index is 2.28. The van der Waals surface area contributed by atoms with Crippen molar-refractivity contribution in [3.8, 4) is 0 Å². The number of hydrogen-bond donors (Lipinski definition) is 1. The van der Waals surface area contributed by atoms with E-state index in [2.05, 4.69) is 31.3 Å². The standard InChI is InChI=1S/C13H20ClN/c1-3-15-9-5-4-6-12-7-8-13(14)11(2)10-12/h7-8,10,15H,3-6,9H2,1-2H3. The molecule has 0 aliphatic heterocycles. The van der Waals surface area contributed by atoms with E-state index in [9.17, 15) is 0 Å². The van der Waals surface area contributed by atoms with Gasteiger partial charge in [0.1, 0.15) is 0 Å². The molecule has 84 valence electrons. The topological polar surface area (TPSA) is 12.0 Å². The van der Waals surface area contributed by atoms with Crippen molar-refractivity contribution in [2.75, 3.05) is 13.1 Å². The largest absolute Gasteiger partial charge is 0.317 e. The molecule has 0 aliphatic rings. The maximum absolute atomic E-state index is 5.97. The summed E-state index contributed by atoms with van der Waals surface area (Å²) in [5.41, 5.74) is 2.58. The Hall–Kier alpha value is -0.530. The lowest BCUT2D eigenvalue weighted by atomic mass is 10.1. The summed E-state index contributed by atoms with van der Waals surface area (Å²) in [4.78, 5) is 0. The Bertz CT molecular complexity index is 297. The fourth-order valence-electron chi connectivity index (χ4n) is 1.62. The van der Waals surface area contributed by atoms with E-state index in [1.807, 2.05) is 6.07 Å². The van der Waals surface area contributed by atoms with Gasteiger partial charge in [-0.05, 0) is 56.5 Å². The zero-order chi connectivity index (χ0) is 11.1. The Morgan fingerprint density at radius 2 is 2.07 bits per heavy atom. The summed E-state index contributed by atoms with van der Waals surface area (Å²) in [5, 5.41) is 4.20. The smallest absolute Gasteiger partial charge is 0.0435 e. The van der Waals surface area contributed by atoms with Crippen molar-refractivity contribution < 1.29 is 0 Å². The fraction of sp³-hybridized carbons (Fsp3) is 0.538. The van der Waals surface area contributed by atoms with Gasteiger partial charge in [0.25, 0.3) is 0 Å². The summed E-state index contributed by atoms with van der Waals surface area (Å²) in [5.74, 6) is 0. The van der Waals surface area contributed by atoms with Crippen LogP contribution >= 0.6 is 11.6 Å². The first-order valence-corrected chi connectivity index (χ1v) is 6.07. The average Bonchev–Trinajstić information content (AvgIpc) is 2.23. The van der Waals surface area contributed by atoms with Gasteiger partial charge < -0.3 is 5.32 Å². The highest BCUT2D eigenvalue weighted by Crippen LogP contribution is 2.17. The first-order chi connectivity index (χ1) is 7.24. The first-order valence-electron chi connectivity index (χ1n) is 5.69. The first kappa shape index (κ1) is 12.5. The molecule has 1 aromatic carbocycles. The van der Waals surface area contributed by atoms with E-state index in [0.717, 1.165) is 24.5 Å². The van der Waals surface area contributed by atoms with E-state index in [1.54, 1.807) is 0 Å². The highest BCUT2D eigenvalue weighted by molar-refractivity contribution is 6.31. The highest BCUT2D eigenvalue weighted by atomic mass is 35.5. The third-order valence-electron chi connectivity index (χ3n) is 2.54. The molecule has 0 fully saturated rings. The van der Waals surface area contributed by atoms with Crippen molar-refractivity contribution in [2.24, 2.45) is 0 Å². The number of aryl methyl sites for hydroxylation is 2. The van der Waals surface area contributed by atoms with E-state index in [4.69, 9.17) is 11.6 Å². The van der Waals surface area contributed by atoms with E-state index >= 15 is 0 Å². The lowest BCUT2D eigenvalue weighted by Gasteiger charge is -2.04. The molecule has 0 aliphatic carbocycles. The molecule has 0 aromatic heterocycles. The molecular weight excluding hydrogens is 206 g/mol. The van der Waals surface area contributed by atoms with Crippen molar-refractivity contribution in [2.45, 2.75) is 33.1 Å². The van der Waals surface area contributed by atoms with Crippen LogP contribution in [0.3, 0.4) is 0 Å². The van der Waals surface area contributed by atoms with Crippen molar-refractivity contribution in [1.29, 1.82) is 0 Å². The van der Waals surface area contributed by atoms with Gasteiger partial charge in [0.05, 0.1) is 0 Å². The van der Waals surface area contributed by atoms with Crippen LogP contribution in [0, 0.1) is 6.92 Å². The van der Waals surface area contributed by atoms with Crippen LogP contribution < -0.4 is 5.32 Å². The molecule has 0 saturated carbocycles. The Kier molecular flexibility index (Phi) is 5.74. The van der Waals surface area contributed by atoms with Crippen LogP contribution in [0.25, 0.3) is 0 Å². The second kappa shape index (κ2) is 6.86. The van der Waals surface area contributed by atoms with Gasteiger partial charge in [-0.2, -0.15) is 0 Å². The van der Waals surface area contributed by atoms with Gasteiger partial charge in [-0.15, -0.1) is 0 Å². The third-order valence-corrected chi connectivity index (χ3v) is 2.97. The second-order valence-corrected chi connectivity index (χ2v) is 4.30. The normalized spacial score (nSPS) is 10.6. The van der Waals surface area contributed by atoms with Gasteiger partial charge >= 0.3 is 0 Å². The van der Waals surface area contributed by atoms with E-state index in [-0.39, 0.29) is 0 Å². The predicted molar refractivity (Wildman–Crippen MR) is 67.7 cm³/mol. The summed E-state index contributed by atoms with van der Waals surface area (Å²) in [6, 6.07) is 6.31. The number of rotatable bonds is 6. The summed E-state index contributed by atoms with van der Waals surface area (Å²) in [6.07, 6.45) is 3.65. The zero-order valence-corrected chi connectivity index (χ0v) is 10.4. The summed E-state index contributed by atoms with van der Waals surface area (Å²) in [7, 11) is 0. The number of halogens is 1. The van der Waals surface area contributed by atoms with Crippen LogP contribution in [0.4, 0.5) is 0 Å². The molecule has 1 rings (SSSR count). The fourth-order valence-corrected chi connectivity index (χ4v) is 1.74. The molecule has 1 nitrogen and oxygen atoms in total. The molecule has 0 atom stereocenters. The van der Waals surface area contributed by atoms with Gasteiger partial charge in [-0.25, -0.2) is 0 Å². The maximum Gasteiger partial charge on any atom is 0.0435 e. The predicted octanol–water partition coefficient (Wildman–Crippen LogP) is 3.58. The molecule has 1 aromatic rings. The number of hydrogen-bond acceptors (Lipinski definition) is 1.